The van der Waals surface area contributed by atoms with Gasteiger partial charge in [-0.25, -0.2) is 0 Å². The van der Waals surface area contributed by atoms with Crippen molar-refractivity contribution in [2.75, 3.05) is 52.4 Å². The Bertz CT molecular complexity index is 441. The Balaban J connectivity index is 2.84. The van der Waals surface area contributed by atoms with Gasteiger partial charge in [-0.3, -0.25) is 4.79 Å². The minimum Gasteiger partial charge on any atom is -0.385 e. The predicted octanol–water partition coefficient (Wildman–Crippen LogP) is 2.16. The van der Waals surface area contributed by atoms with E-state index in [1.807, 2.05) is 25.1 Å². The average molecular weight is 294 g/mol. The summed E-state index contributed by atoms with van der Waals surface area (Å²) < 4.78 is 10.1. The third-order valence-corrected chi connectivity index (χ3v) is 3.26. The Kier molecular flexibility index (Phi) is 7.79. The summed E-state index contributed by atoms with van der Waals surface area (Å²) in [6, 6.07) is 5.74. The normalized spacial score (nSPS) is 10.5. The van der Waals surface area contributed by atoms with Crippen molar-refractivity contribution in [2.45, 2.75) is 13.8 Å². The van der Waals surface area contributed by atoms with Crippen molar-refractivity contribution in [2.24, 2.45) is 0 Å². The highest BCUT2D eigenvalue weighted by atomic mass is 16.5. The number of amides is 1. The number of rotatable bonds is 9. The highest BCUT2D eigenvalue weighted by Crippen LogP contribution is 2.17. The fourth-order valence-corrected chi connectivity index (χ4v) is 2.09. The second-order valence-corrected chi connectivity index (χ2v) is 4.84. The lowest BCUT2D eigenvalue weighted by Crippen LogP contribution is -2.36. The monoisotopic (exact) mass is 294 g/mol. The Morgan fingerprint density at radius 3 is 2.29 bits per heavy atom. The third-order valence-electron chi connectivity index (χ3n) is 3.26. The van der Waals surface area contributed by atoms with Gasteiger partial charge in [-0.1, -0.05) is 0 Å². The summed E-state index contributed by atoms with van der Waals surface area (Å²) in [5.74, 6) is 0.00949. The van der Waals surface area contributed by atoms with Crippen LogP contribution >= 0.6 is 0 Å². The van der Waals surface area contributed by atoms with Crippen molar-refractivity contribution >= 4 is 11.6 Å². The number of hydrogen-bond donors (Lipinski definition) is 1. The number of nitrogens with zero attached hydrogens (tertiary/aromatic N) is 1. The van der Waals surface area contributed by atoms with E-state index in [1.165, 1.54) is 0 Å². The summed E-state index contributed by atoms with van der Waals surface area (Å²) in [4.78, 5) is 14.3. The van der Waals surface area contributed by atoms with Crippen LogP contribution in [0.1, 0.15) is 22.8 Å². The number of carbonyl (C=O) groups is 1. The molecule has 1 aromatic rings. The van der Waals surface area contributed by atoms with E-state index in [9.17, 15) is 4.79 Å². The molecule has 1 aromatic carbocycles. The van der Waals surface area contributed by atoms with Crippen LogP contribution in [0.15, 0.2) is 18.2 Å². The van der Waals surface area contributed by atoms with Crippen LogP contribution in [0.2, 0.25) is 0 Å². The second-order valence-electron chi connectivity index (χ2n) is 4.84. The Hall–Kier alpha value is -1.59. The van der Waals surface area contributed by atoms with Gasteiger partial charge in [0, 0.05) is 45.1 Å². The molecule has 5 heteroatoms. The van der Waals surface area contributed by atoms with Gasteiger partial charge in [0.15, 0.2) is 0 Å². The van der Waals surface area contributed by atoms with E-state index < -0.39 is 0 Å². The van der Waals surface area contributed by atoms with Crippen LogP contribution in [0, 0.1) is 6.92 Å². The summed E-state index contributed by atoms with van der Waals surface area (Å²) in [7, 11) is 3.27. The number of methoxy groups -OCH3 is 2. The molecule has 0 aliphatic heterocycles. The first kappa shape index (κ1) is 17.5. The van der Waals surface area contributed by atoms with Crippen molar-refractivity contribution in [3.8, 4) is 0 Å². The SMILES string of the molecule is CCNc1ccc(C(=O)N(CCOC)CCOC)cc1C. The Labute approximate surface area is 127 Å². The molecule has 118 valence electrons. The van der Waals surface area contributed by atoms with Gasteiger partial charge in [-0.05, 0) is 37.6 Å². The second kappa shape index (κ2) is 9.37. The molecule has 0 saturated heterocycles. The standard InChI is InChI=1S/C16H26N2O3/c1-5-17-15-7-6-14(12-13(15)2)16(19)18(8-10-20-3)9-11-21-4/h6-7,12,17H,5,8-11H2,1-4H3. The fourth-order valence-electron chi connectivity index (χ4n) is 2.09. The molecule has 0 aliphatic rings. The van der Waals surface area contributed by atoms with Crippen LogP contribution in [0.4, 0.5) is 5.69 Å². The molecule has 5 nitrogen and oxygen atoms in total. The quantitative estimate of drug-likeness (QED) is 0.758. The van der Waals surface area contributed by atoms with Gasteiger partial charge in [0.1, 0.15) is 0 Å². The van der Waals surface area contributed by atoms with Crippen LogP contribution in [0.5, 0.6) is 0 Å². The van der Waals surface area contributed by atoms with Gasteiger partial charge in [-0.2, -0.15) is 0 Å². The van der Waals surface area contributed by atoms with Gasteiger partial charge in [0.25, 0.3) is 5.91 Å². The van der Waals surface area contributed by atoms with Crippen LogP contribution in [-0.4, -0.2) is 57.9 Å². The Morgan fingerprint density at radius 2 is 1.81 bits per heavy atom. The molecule has 0 bridgehead atoms. The number of aryl methyl sites for hydroxylation is 1. The third kappa shape index (κ3) is 5.36. The number of nitrogens with one attached hydrogen (secondary N) is 1. The molecule has 0 fully saturated rings. The van der Waals surface area contributed by atoms with E-state index in [0.717, 1.165) is 17.8 Å². The van der Waals surface area contributed by atoms with Crippen molar-refractivity contribution in [1.29, 1.82) is 0 Å². The number of ether oxygens (including phenoxy) is 2. The van der Waals surface area contributed by atoms with Crippen molar-refractivity contribution in [1.82, 2.24) is 4.90 Å². The summed E-state index contributed by atoms with van der Waals surface area (Å²) in [6.45, 7) is 7.08. The number of anilines is 1. The fraction of sp³-hybridized carbons (Fsp3) is 0.562. The molecular formula is C16H26N2O3. The molecule has 0 atom stereocenters. The zero-order valence-electron chi connectivity index (χ0n) is 13.4. The number of carbonyl (C=O) groups excluding carboxylic acids is 1. The van der Waals surface area contributed by atoms with Crippen LogP contribution in [-0.2, 0) is 9.47 Å². The molecule has 0 aliphatic carbocycles. The van der Waals surface area contributed by atoms with Crippen molar-refractivity contribution < 1.29 is 14.3 Å². The van der Waals surface area contributed by atoms with Gasteiger partial charge in [0.05, 0.1) is 13.2 Å². The van der Waals surface area contributed by atoms with E-state index in [-0.39, 0.29) is 5.91 Å². The molecule has 0 unspecified atom stereocenters. The van der Waals surface area contributed by atoms with Gasteiger partial charge >= 0.3 is 0 Å². The molecule has 0 heterocycles. The molecule has 1 rings (SSSR count). The average Bonchev–Trinajstić information content (AvgIpc) is 2.49. The van der Waals surface area contributed by atoms with Crippen molar-refractivity contribution in [3.05, 3.63) is 29.3 Å². The molecule has 1 N–H and O–H groups in total. The van der Waals surface area contributed by atoms with Crippen molar-refractivity contribution in [3.63, 3.8) is 0 Å². The summed E-state index contributed by atoms with van der Waals surface area (Å²) >= 11 is 0. The van der Waals surface area contributed by atoms with E-state index >= 15 is 0 Å². The lowest BCUT2D eigenvalue weighted by Gasteiger charge is -2.22. The van der Waals surface area contributed by atoms with Crippen LogP contribution in [0.25, 0.3) is 0 Å². The van der Waals surface area contributed by atoms with E-state index in [4.69, 9.17) is 9.47 Å². The molecule has 0 saturated carbocycles. The smallest absolute Gasteiger partial charge is 0.254 e. The highest BCUT2D eigenvalue weighted by molar-refractivity contribution is 5.95. The number of benzene rings is 1. The number of hydrogen-bond acceptors (Lipinski definition) is 4. The topological polar surface area (TPSA) is 50.8 Å². The van der Waals surface area contributed by atoms with Gasteiger partial charge in [-0.15, -0.1) is 0 Å². The largest absolute Gasteiger partial charge is 0.385 e. The van der Waals surface area contributed by atoms with E-state index in [1.54, 1.807) is 19.1 Å². The molecule has 0 radical (unpaired) electrons. The molecule has 21 heavy (non-hydrogen) atoms. The zero-order valence-corrected chi connectivity index (χ0v) is 13.4. The molecule has 0 aromatic heterocycles. The zero-order chi connectivity index (χ0) is 15.7. The summed E-state index contributed by atoms with van der Waals surface area (Å²) in [5, 5.41) is 3.27. The summed E-state index contributed by atoms with van der Waals surface area (Å²) in [5.41, 5.74) is 2.83. The molecular weight excluding hydrogens is 268 g/mol. The minimum atomic E-state index is 0.00949. The van der Waals surface area contributed by atoms with Crippen LogP contribution < -0.4 is 5.32 Å². The first-order chi connectivity index (χ1) is 10.1. The van der Waals surface area contributed by atoms with E-state index in [2.05, 4.69) is 12.2 Å². The van der Waals surface area contributed by atoms with Gasteiger partial charge in [0.2, 0.25) is 0 Å². The lowest BCUT2D eigenvalue weighted by atomic mass is 10.1. The van der Waals surface area contributed by atoms with Gasteiger partial charge < -0.3 is 19.7 Å². The predicted molar refractivity (Wildman–Crippen MR) is 85.0 cm³/mol. The minimum absolute atomic E-state index is 0.00949. The van der Waals surface area contributed by atoms with E-state index in [0.29, 0.717) is 31.9 Å². The van der Waals surface area contributed by atoms with Crippen LogP contribution in [0.3, 0.4) is 0 Å². The maximum atomic E-state index is 12.6. The first-order valence-electron chi connectivity index (χ1n) is 7.25. The Morgan fingerprint density at radius 1 is 1.19 bits per heavy atom. The first-order valence-corrected chi connectivity index (χ1v) is 7.25. The summed E-state index contributed by atoms with van der Waals surface area (Å²) in [6.07, 6.45) is 0. The maximum absolute atomic E-state index is 12.6. The highest BCUT2D eigenvalue weighted by Gasteiger charge is 2.16. The lowest BCUT2D eigenvalue weighted by molar-refractivity contribution is 0.0627. The molecule has 0 spiro atoms. The molecule has 1 amide bonds. The maximum Gasteiger partial charge on any atom is 0.254 e.